The molecule has 1 aliphatic rings. The third-order valence-electron chi connectivity index (χ3n) is 3.45. The number of aromatic nitrogens is 1. The number of anilines is 1. The zero-order valence-corrected chi connectivity index (χ0v) is 13.2. The van der Waals surface area contributed by atoms with Gasteiger partial charge in [0, 0.05) is 24.3 Å². The zero-order chi connectivity index (χ0) is 15.5. The van der Waals surface area contributed by atoms with Gasteiger partial charge in [-0.05, 0) is 38.3 Å². The molecule has 0 aromatic carbocycles. The summed E-state index contributed by atoms with van der Waals surface area (Å²) in [6.45, 7) is 4.93. The lowest BCUT2D eigenvalue weighted by molar-refractivity contribution is 0.0948. The molecule has 1 fully saturated rings. The molecule has 0 spiro atoms. The zero-order valence-electron chi connectivity index (χ0n) is 12.3. The van der Waals surface area contributed by atoms with Gasteiger partial charge in [-0.25, -0.2) is 13.4 Å². The first-order valence-corrected chi connectivity index (χ1v) is 8.93. The second-order valence-electron chi connectivity index (χ2n) is 5.39. The van der Waals surface area contributed by atoms with Crippen molar-refractivity contribution >= 4 is 21.6 Å². The van der Waals surface area contributed by atoms with Gasteiger partial charge in [0.15, 0.2) is 9.84 Å². The largest absolute Gasteiger partial charge is 0.370 e. The van der Waals surface area contributed by atoms with Crippen LogP contribution in [0.25, 0.3) is 0 Å². The Labute approximate surface area is 125 Å². The van der Waals surface area contributed by atoms with Gasteiger partial charge in [0.25, 0.3) is 5.91 Å². The Kier molecular flexibility index (Phi) is 4.82. The number of amides is 1. The van der Waals surface area contributed by atoms with Gasteiger partial charge in [0.05, 0.1) is 11.5 Å². The molecule has 1 aromatic rings. The third kappa shape index (κ3) is 4.42. The first-order valence-electron chi connectivity index (χ1n) is 7.11. The number of nitrogens with one attached hydrogen (secondary N) is 2. The van der Waals surface area contributed by atoms with E-state index in [1.165, 1.54) is 0 Å². The van der Waals surface area contributed by atoms with Crippen molar-refractivity contribution < 1.29 is 13.2 Å². The number of rotatable bonds is 5. The highest BCUT2D eigenvalue weighted by Crippen LogP contribution is 2.17. The summed E-state index contributed by atoms with van der Waals surface area (Å²) in [5.41, 5.74) is 1.31. The van der Waals surface area contributed by atoms with E-state index in [1.807, 2.05) is 13.8 Å². The quantitative estimate of drug-likeness (QED) is 0.846. The van der Waals surface area contributed by atoms with Gasteiger partial charge < -0.3 is 10.6 Å². The lowest BCUT2D eigenvalue weighted by Gasteiger charge is -2.11. The molecule has 1 unspecified atom stereocenters. The molecular formula is C14H21N3O3S. The second kappa shape index (κ2) is 6.43. The van der Waals surface area contributed by atoms with E-state index in [1.54, 1.807) is 12.1 Å². The number of hydrogen-bond donors (Lipinski definition) is 2. The maximum absolute atomic E-state index is 12.2. The van der Waals surface area contributed by atoms with E-state index in [-0.39, 0.29) is 23.3 Å². The molecule has 1 amide bonds. The lowest BCUT2D eigenvalue weighted by atomic mass is 10.1. The predicted molar refractivity (Wildman–Crippen MR) is 82.2 cm³/mol. The first-order chi connectivity index (χ1) is 9.89. The maximum Gasteiger partial charge on any atom is 0.251 e. The van der Waals surface area contributed by atoms with E-state index >= 15 is 0 Å². The van der Waals surface area contributed by atoms with Crippen LogP contribution in [0, 0.1) is 12.8 Å². The molecule has 2 rings (SSSR count). The number of sulfone groups is 1. The molecule has 7 heteroatoms. The fraction of sp³-hybridized carbons (Fsp3) is 0.571. The van der Waals surface area contributed by atoms with Crippen LogP contribution < -0.4 is 10.6 Å². The average molecular weight is 311 g/mol. The minimum atomic E-state index is -2.90. The fourth-order valence-corrected chi connectivity index (χ4v) is 4.31. The summed E-state index contributed by atoms with van der Waals surface area (Å²) in [7, 11) is -2.90. The number of nitrogens with zero attached hydrogens (tertiary/aromatic N) is 1. The Balaban J connectivity index is 1.97. The van der Waals surface area contributed by atoms with Crippen molar-refractivity contribution in [3.8, 4) is 0 Å². The molecule has 0 radical (unpaired) electrons. The highest BCUT2D eigenvalue weighted by Gasteiger charge is 2.28. The van der Waals surface area contributed by atoms with E-state index in [4.69, 9.17) is 0 Å². The van der Waals surface area contributed by atoms with E-state index in [0.29, 0.717) is 24.3 Å². The van der Waals surface area contributed by atoms with Gasteiger partial charge >= 0.3 is 0 Å². The average Bonchev–Trinajstić information content (AvgIpc) is 2.75. The molecule has 0 aliphatic carbocycles. The summed E-state index contributed by atoms with van der Waals surface area (Å²) in [5.74, 6) is 0.905. The Morgan fingerprint density at radius 2 is 2.19 bits per heavy atom. The Morgan fingerprint density at radius 3 is 2.81 bits per heavy atom. The molecule has 1 atom stereocenters. The topological polar surface area (TPSA) is 88.2 Å². The fourth-order valence-electron chi connectivity index (χ4n) is 2.44. The van der Waals surface area contributed by atoms with E-state index in [2.05, 4.69) is 15.6 Å². The summed E-state index contributed by atoms with van der Waals surface area (Å²) in [4.78, 5) is 16.4. The molecule has 116 valence electrons. The van der Waals surface area contributed by atoms with Gasteiger partial charge in [-0.15, -0.1) is 0 Å². The van der Waals surface area contributed by atoms with Gasteiger partial charge in [0.1, 0.15) is 5.82 Å². The minimum absolute atomic E-state index is 0.0233. The van der Waals surface area contributed by atoms with Gasteiger partial charge in [-0.2, -0.15) is 0 Å². The van der Waals surface area contributed by atoms with Crippen molar-refractivity contribution in [2.75, 3.05) is 29.9 Å². The molecule has 1 aliphatic heterocycles. The molecule has 1 aromatic heterocycles. The standard InChI is InChI=1S/C14H21N3O3S/c1-3-15-13-7-12(6-10(2)17-13)14(18)16-8-11-4-5-21(19,20)9-11/h6-7,11H,3-5,8-9H2,1-2H3,(H,15,17)(H,16,18). The van der Waals surface area contributed by atoms with Crippen molar-refractivity contribution in [2.45, 2.75) is 20.3 Å². The molecule has 0 saturated carbocycles. The van der Waals surface area contributed by atoms with Crippen LogP contribution in [0.3, 0.4) is 0 Å². The van der Waals surface area contributed by atoms with Crippen molar-refractivity contribution in [1.29, 1.82) is 0 Å². The monoisotopic (exact) mass is 311 g/mol. The van der Waals surface area contributed by atoms with Crippen molar-refractivity contribution in [2.24, 2.45) is 5.92 Å². The van der Waals surface area contributed by atoms with Gasteiger partial charge in [-0.3, -0.25) is 4.79 Å². The number of hydrogen-bond acceptors (Lipinski definition) is 5. The molecular weight excluding hydrogens is 290 g/mol. The van der Waals surface area contributed by atoms with Crippen molar-refractivity contribution in [1.82, 2.24) is 10.3 Å². The summed E-state index contributed by atoms with van der Waals surface area (Å²) < 4.78 is 22.8. The smallest absolute Gasteiger partial charge is 0.251 e. The molecule has 6 nitrogen and oxygen atoms in total. The van der Waals surface area contributed by atoms with E-state index in [0.717, 1.165) is 12.2 Å². The number of pyridine rings is 1. The van der Waals surface area contributed by atoms with Crippen LogP contribution >= 0.6 is 0 Å². The highest BCUT2D eigenvalue weighted by atomic mass is 32.2. The number of carbonyl (C=O) groups is 1. The van der Waals surface area contributed by atoms with Crippen molar-refractivity contribution in [3.05, 3.63) is 23.4 Å². The summed E-state index contributed by atoms with van der Waals surface area (Å²) in [6.07, 6.45) is 0.626. The summed E-state index contributed by atoms with van der Waals surface area (Å²) >= 11 is 0. The van der Waals surface area contributed by atoms with Gasteiger partial charge in [0.2, 0.25) is 0 Å². The Bertz CT molecular complexity index is 628. The minimum Gasteiger partial charge on any atom is -0.370 e. The Morgan fingerprint density at radius 1 is 1.43 bits per heavy atom. The first kappa shape index (κ1) is 15.8. The SMILES string of the molecule is CCNc1cc(C(=O)NCC2CCS(=O)(=O)C2)cc(C)n1. The number of aryl methyl sites for hydroxylation is 1. The van der Waals surface area contributed by atoms with E-state index < -0.39 is 9.84 Å². The van der Waals surface area contributed by atoms with Crippen molar-refractivity contribution in [3.63, 3.8) is 0 Å². The van der Waals surface area contributed by atoms with Crippen LogP contribution in [-0.2, 0) is 9.84 Å². The third-order valence-corrected chi connectivity index (χ3v) is 5.29. The van der Waals surface area contributed by atoms with Crippen LogP contribution in [0.15, 0.2) is 12.1 Å². The Hall–Kier alpha value is -1.63. The van der Waals surface area contributed by atoms with E-state index in [9.17, 15) is 13.2 Å². The van der Waals surface area contributed by atoms with Crippen LogP contribution in [0.5, 0.6) is 0 Å². The molecule has 1 saturated heterocycles. The summed E-state index contributed by atoms with van der Waals surface area (Å²) in [5, 5.41) is 5.90. The normalized spacial score (nSPS) is 20.2. The summed E-state index contributed by atoms with van der Waals surface area (Å²) in [6, 6.07) is 3.43. The van der Waals surface area contributed by atoms with Crippen LogP contribution in [0.2, 0.25) is 0 Å². The van der Waals surface area contributed by atoms with Crippen LogP contribution in [0.1, 0.15) is 29.4 Å². The van der Waals surface area contributed by atoms with Crippen LogP contribution in [-0.4, -0.2) is 43.9 Å². The number of carbonyl (C=O) groups excluding carboxylic acids is 1. The predicted octanol–water partition coefficient (Wildman–Crippen LogP) is 0.986. The molecule has 21 heavy (non-hydrogen) atoms. The molecule has 2 heterocycles. The van der Waals surface area contributed by atoms with Crippen LogP contribution in [0.4, 0.5) is 5.82 Å². The van der Waals surface area contributed by atoms with Gasteiger partial charge in [-0.1, -0.05) is 0 Å². The highest BCUT2D eigenvalue weighted by molar-refractivity contribution is 7.91. The second-order valence-corrected chi connectivity index (χ2v) is 7.62. The lowest BCUT2D eigenvalue weighted by Crippen LogP contribution is -2.30. The maximum atomic E-state index is 12.2. The molecule has 0 bridgehead atoms. The molecule has 2 N–H and O–H groups in total.